The molecule has 1 aromatic carbocycles. The maximum atomic E-state index is 11.5. The van der Waals surface area contributed by atoms with Crippen LogP contribution < -0.4 is 5.32 Å². The van der Waals surface area contributed by atoms with Crippen LogP contribution in [0.4, 0.5) is 5.69 Å². The summed E-state index contributed by atoms with van der Waals surface area (Å²) in [6.07, 6.45) is 6.14. The van der Waals surface area contributed by atoms with E-state index in [1.54, 1.807) is 6.92 Å². The Morgan fingerprint density at radius 2 is 2.00 bits per heavy atom. The molecule has 0 unspecified atom stereocenters. The Labute approximate surface area is 199 Å². The van der Waals surface area contributed by atoms with Crippen molar-refractivity contribution in [2.45, 2.75) is 51.1 Å². The molecule has 6 nitrogen and oxygen atoms in total. The molecule has 32 heavy (non-hydrogen) atoms. The zero-order valence-electron chi connectivity index (χ0n) is 18.7. The van der Waals surface area contributed by atoms with Crippen molar-refractivity contribution in [1.82, 2.24) is 14.8 Å². The van der Waals surface area contributed by atoms with Gasteiger partial charge in [0.05, 0.1) is 22.9 Å². The third-order valence-electron chi connectivity index (χ3n) is 6.95. The number of piperazine rings is 1. The second kappa shape index (κ2) is 9.65. The monoisotopic (exact) mass is 473 g/mol. The van der Waals surface area contributed by atoms with Gasteiger partial charge in [0.15, 0.2) is 0 Å². The number of carbonyl (C=O) groups excluding carboxylic acids is 1. The summed E-state index contributed by atoms with van der Waals surface area (Å²) in [6.45, 7) is 6.33. The van der Waals surface area contributed by atoms with Gasteiger partial charge in [-0.25, -0.2) is 0 Å². The summed E-state index contributed by atoms with van der Waals surface area (Å²) in [5.74, 6) is 1.22. The van der Waals surface area contributed by atoms with Crippen LogP contribution in [-0.2, 0) is 4.79 Å². The van der Waals surface area contributed by atoms with E-state index in [4.69, 9.17) is 16.6 Å². The van der Waals surface area contributed by atoms with Gasteiger partial charge >= 0.3 is 0 Å². The zero-order chi connectivity index (χ0) is 22.1. The molecule has 8 heteroatoms. The van der Waals surface area contributed by atoms with Gasteiger partial charge in [-0.15, -0.1) is 11.8 Å². The maximum Gasteiger partial charge on any atom is 0.219 e. The van der Waals surface area contributed by atoms with Crippen LogP contribution in [-0.4, -0.2) is 76.3 Å². The highest BCUT2D eigenvalue weighted by Crippen LogP contribution is 2.33. The first-order chi connectivity index (χ1) is 15.5. The van der Waals surface area contributed by atoms with Gasteiger partial charge in [0.2, 0.25) is 5.91 Å². The molecule has 1 aromatic heterocycles. The van der Waals surface area contributed by atoms with Gasteiger partial charge in [0.1, 0.15) is 5.04 Å². The third kappa shape index (κ3) is 4.95. The second-order valence-electron chi connectivity index (χ2n) is 9.26. The lowest BCUT2D eigenvalue weighted by molar-refractivity contribution is -0.130. The lowest BCUT2D eigenvalue weighted by atomic mass is 10.2. The van der Waals surface area contributed by atoms with Crippen molar-refractivity contribution in [1.29, 1.82) is 0 Å². The number of fused-ring (bicyclic) bond motifs is 1. The smallest absolute Gasteiger partial charge is 0.219 e. The van der Waals surface area contributed by atoms with Crippen molar-refractivity contribution < 1.29 is 4.79 Å². The van der Waals surface area contributed by atoms with Crippen LogP contribution in [0.5, 0.6) is 0 Å². The Morgan fingerprint density at radius 3 is 2.75 bits per heavy atom. The fraction of sp³-hybridized carbons (Fsp3) is 0.583. The van der Waals surface area contributed by atoms with E-state index in [0.29, 0.717) is 12.1 Å². The molecule has 3 aliphatic rings. The number of hydrogen-bond acceptors (Lipinski definition) is 5. The molecule has 2 N–H and O–H groups in total. The number of halogens is 1. The average Bonchev–Trinajstić information content (AvgIpc) is 3.53. The van der Waals surface area contributed by atoms with E-state index in [1.165, 1.54) is 25.7 Å². The average molecular weight is 474 g/mol. The highest BCUT2D eigenvalue weighted by atomic mass is 35.5. The molecule has 2 aliphatic heterocycles. The van der Waals surface area contributed by atoms with Crippen molar-refractivity contribution in [2.75, 3.05) is 43.8 Å². The fourth-order valence-corrected chi connectivity index (χ4v) is 6.36. The van der Waals surface area contributed by atoms with Crippen molar-refractivity contribution in [3.05, 3.63) is 28.9 Å². The molecule has 0 spiro atoms. The lowest BCUT2D eigenvalue weighted by Crippen LogP contribution is -2.48. The number of nitrogens with one attached hydrogen (secondary N) is 2. The number of nitrogens with zero attached hydrogens (tertiary/aromatic N) is 3. The largest absolute Gasteiger partial charge is 0.381 e. The summed E-state index contributed by atoms with van der Waals surface area (Å²) < 4.78 is 0. The number of benzene rings is 1. The molecule has 3 heterocycles. The van der Waals surface area contributed by atoms with Crippen molar-refractivity contribution >= 4 is 50.9 Å². The quantitative estimate of drug-likeness (QED) is 0.644. The highest BCUT2D eigenvalue weighted by molar-refractivity contribution is 8.14. The van der Waals surface area contributed by atoms with Crippen molar-refractivity contribution in [3.63, 3.8) is 0 Å². The Morgan fingerprint density at radius 1 is 1.22 bits per heavy atom. The molecule has 1 aliphatic carbocycles. The first kappa shape index (κ1) is 22.1. The van der Waals surface area contributed by atoms with Gasteiger partial charge in [-0.2, -0.15) is 0 Å². The number of hydrogen-bond donors (Lipinski definition) is 2. The lowest BCUT2D eigenvalue weighted by Gasteiger charge is -2.34. The van der Waals surface area contributed by atoms with Gasteiger partial charge in [0, 0.05) is 61.9 Å². The third-order valence-corrected chi connectivity index (χ3v) is 8.32. The molecule has 2 fully saturated rings. The summed E-state index contributed by atoms with van der Waals surface area (Å²) >= 11 is 8.27. The van der Waals surface area contributed by atoms with Crippen LogP contribution in [0.1, 0.15) is 44.7 Å². The van der Waals surface area contributed by atoms with Crippen LogP contribution in [0.25, 0.3) is 10.9 Å². The number of aromatic nitrogens is 1. The fourth-order valence-electron chi connectivity index (χ4n) is 5.06. The molecule has 0 bridgehead atoms. The Hall–Kier alpha value is -1.70. The van der Waals surface area contributed by atoms with E-state index in [-0.39, 0.29) is 5.91 Å². The van der Waals surface area contributed by atoms with E-state index < -0.39 is 0 Å². The molecule has 172 valence electrons. The molecule has 0 radical (unpaired) electrons. The summed E-state index contributed by atoms with van der Waals surface area (Å²) in [7, 11) is 0. The summed E-state index contributed by atoms with van der Waals surface area (Å²) in [4.78, 5) is 24.6. The van der Waals surface area contributed by atoms with E-state index in [9.17, 15) is 4.79 Å². The molecule has 1 atom stereocenters. The van der Waals surface area contributed by atoms with Gasteiger partial charge in [-0.05, 0) is 37.5 Å². The number of H-pyrrole nitrogens is 1. The maximum absolute atomic E-state index is 11.5. The van der Waals surface area contributed by atoms with E-state index in [1.807, 2.05) is 28.8 Å². The number of anilines is 1. The van der Waals surface area contributed by atoms with Crippen molar-refractivity contribution in [3.8, 4) is 0 Å². The van der Waals surface area contributed by atoms with E-state index >= 15 is 0 Å². The Kier molecular flexibility index (Phi) is 6.67. The molecule has 1 saturated carbocycles. The Balaban J connectivity index is 1.23. The molecular formula is C24H32ClN5OS. The number of rotatable bonds is 6. The minimum Gasteiger partial charge on any atom is -0.381 e. The van der Waals surface area contributed by atoms with E-state index in [2.05, 4.69) is 21.3 Å². The Bertz CT molecular complexity index is 1010. The van der Waals surface area contributed by atoms with Crippen molar-refractivity contribution in [2.24, 2.45) is 4.99 Å². The van der Waals surface area contributed by atoms with Crippen LogP contribution in [0.3, 0.4) is 0 Å². The normalized spacial score (nSPS) is 22.6. The molecule has 1 saturated heterocycles. The molecule has 2 aromatic rings. The number of amides is 1. The predicted octanol–water partition coefficient (Wildman–Crippen LogP) is 4.59. The second-order valence-corrected chi connectivity index (χ2v) is 10.7. The summed E-state index contributed by atoms with van der Waals surface area (Å²) in [6, 6.07) is 7.17. The standard InChI is InChI=1S/C24H32ClN5OS/c1-16(31)30-10-8-29(9-11-30)7-6-20-15-32-24(27-20)22-13-17-12-18(25)14-21(23(17)28-22)26-19-4-2-3-5-19/h12-14,19-20,26,28H,2-11,15H2,1H3/t20-/m1/s1. The molecular weight excluding hydrogens is 442 g/mol. The number of aliphatic imine (C=N–C) groups is 1. The predicted molar refractivity (Wildman–Crippen MR) is 135 cm³/mol. The first-order valence-corrected chi connectivity index (χ1v) is 13.2. The number of carbonyl (C=O) groups is 1. The topological polar surface area (TPSA) is 63.7 Å². The van der Waals surface area contributed by atoms with Gasteiger partial charge in [-0.3, -0.25) is 14.7 Å². The first-order valence-electron chi connectivity index (χ1n) is 11.8. The minimum atomic E-state index is 0.187. The zero-order valence-corrected chi connectivity index (χ0v) is 20.3. The van der Waals surface area contributed by atoms with Crippen LogP contribution in [0.2, 0.25) is 5.02 Å². The molecule has 5 rings (SSSR count). The van der Waals surface area contributed by atoms with Gasteiger partial charge in [-0.1, -0.05) is 24.4 Å². The van der Waals surface area contributed by atoms with Gasteiger partial charge in [0.25, 0.3) is 0 Å². The summed E-state index contributed by atoms with van der Waals surface area (Å²) in [5.41, 5.74) is 3.33. The van der Waals surface area contributed by atoms with E-state index in [0.717, 1.165) is 77.2 Å². The van der Waals surface area contributed by atoms with Crippen LogP contribution in [0, 0.1) is 0 Å². The minimum absolute atomic E-state index is 0.187. The number of aromatic amines is 1. The SMILES string of the molecule is CC(=O)N1CCN(CC[C@@H]2CSC(c3cc4cc(Cl)cc(NC5CCCC5)c4[nH]3)=N2)CC1. The molecule has 1 amide bonds. The van der Waals surface area contributed by atoms with Crippen LogP contribution >= 0.6 is 23.4 Å². The summed E-state index contributed by atoms with van der Waals surface area (Å²) in [5, 5.41) is 6.73. The highest BCUT2D eigenvalue weighted by Gasteiger charge is 2.24. The van der Waals surface area contributed by atoms with Crippen LogP contribution in [0.15, 0.2) is 23.2 Å². The van der Waals surface area contributed by atoms with Gasteiger partial charge < -0.3 is 15.2 Å². The number of thioether (sulfide) groups is 1.